The number of benzene rings is 2. The quantitative estimate of drug-likeness (QED) is 0.582. The number of thiophene rings is 1. The van der Waals surface area contributed by atoms with Crippen molar-refractivity contribution in [2.24, 2.45) is 4.99 Å². The predicted octanol–water partition coefficient (Wildman–Crippen LogP) is 4.59. The third-order valence-electron chi connectivity index (χ3n) is 5.72. The smallest absolute Gasteiger partial charge is 0.139 e. The Morgan fingerprint density at radius 2 is 1.97 bits per heavy atom. The highest BCUT2D eigenvalue weighted by molar-refractivity contribution is 7.16. The van der Waals surface area contributed by atoms with Crippen LogP contribution in [-0.4, -0.2) is 41.5 Å². The Bertz CT molecular complexity index is 1060. The molecule has 0 saturated carbocycles. The first-order valence-electron chi connectivity index (χ1n) is 10.4. The third kappa shape index (κ3) is 3.86. The van der Waals surface area contributed by atoms with Crippen molar-refractivity contribution in [3.05, 3.63) is 76.7 Å². The van der Waals surface area contributed by atoms with Crippen LogP contribution in [0.2, 0.25) is 0 Å². The molecule has 0 amide bonds. The van der Waals surface area contributed by atoms with E-state index in [1.165, 1.54) is 4.88 Å². The Hall–Kier alpha value is -2.67. The number of aliphatic hydroxyl groups excluding tert-OH is 1. The number of piperazine rings is 1. The van der Waals surface area contributed by atoms with Gasteiger partial charge in [0.15, 0.2) is 0 Å². The molecule has 1 aromatic heterocycles. The fraction of sp³-hybridized carbons (Fsp3) is 0.292. The fourth-order valence-corrected chi connectivity index (χ4v) is 5.16. The van der Waals surface area contributed by atoms with E-state index in [0.29, 0.717) is 6.42 Å². The summed E-state index contributed by atoms with van der Waals surface area (Å²) < 4.78 is 0. The molecule has 0 unspecified atom stereocenters. The summed E-state index contributed by atoms with van der Waals surface area (Å²) in [7, 11) is 0. The molecule has 3 heterocycles. The van der Waals surface area contributed by atoms with Crippen LogP contribution in [0.25, 0.3) is 0 Å². The van der Waals surface area contributed by atoms with Crippen LogP contribution < -0.4 is 10.6 Å². The molecular formula is C24H26N4OS. The molecule has 2 aromatic carbocycles. The SMILES string of the molecule is Cc1cc2c(s1)Nc1ccccc1N=C2N1CCN[C@@H](C[C@H](O)c2ccccc2)C1. The minimum atomic E-state index is -0.471. The van der Waals surface area contributed by atoms with E-state index in [0.717, 1.165) is 53.0 Å². The molecule has 0 spiro atoms. The van der Waals surface area contributed by atoms with Crippen molar-refractivity contribution in [2.45, 2.75) is 25.5 Å². The van der Waals surface area contributed by atoms with Crippen LogP contribution in [-0.2, 0) is 0 Å². The number of nitrogens with one attached hydrogen (secondary N) is 2. The van der Waals surface area contributed by atoms with Crippen LogP contribution in [0.1, 0.15) is 28.5 Å². The number of aliphatic hydroxyl groups is 1. The lowest BCUT2D eigenvalue weighted by atomic mass is 10.00. The summed E-state index contributed by atoms with van der Waals surface area (Å²) in [6, 6.07) is 20.6. The molecule has 2 aliphatic heterocycles. The monoisotopic (exact) mass is 418 g/mol. The molecular weight excluding hydrogens is 392 g/mol. The van der Waals surface area contributed by atoms with Gasteiger partial charge in [-0.2, -0.15) is 0 Å². The predicted molar refractivity (Wildman–Crippen MR) is 124 cm³/mol. The second-order valence-electron chi connectivity index (χ2n) is 7.94. The van der Waals surface area contributed by atoms with Gasteiger partial charge in [-0.3, -0.25) is 0 Å². The van der Waals surface area contributed by atoms with Crippen molar-refractivity contribution in [3.8, 4) is 0 Å². The minimum absolute atomic E-state index is 0.200. The van der Waals surface area contributed by atoms with Gasteiger partial charge in [-0.25, -0.2) is 4.99 Å². The number of amidine groups is 1. The average Bonchev–Trinajstić information content (AvgIpc) is 3.06. The number of para-hydroxylation sites is 2. The number of aryl methyl sites for hydroxylation is 1. The van der Waals surface area contributed by atoms with Crippen LogP contribution in [0.4, 0.5) is 16.4 Å². The Labute approximate surface area is 181 Å². The van der Waals surface area contributed by atoms with E-state index < -0.39 is 6.10 Å². The first-order valence-corrected chi connectivity index (χ1v) is 11.3. The van der Waals surface area contributed by atoms with Crippen LogP contribution in [0.3, 0.4) is 0 Å². The van der Waals surface area contributed by atoms with E-state index in [-0.39, 0.29) is 6.04 Å². The molecule has 5 rings (SSSR count). The standard InChI is InChI=1S/C24H26N4OS/c1-16-13-19-23(26-20-9-5-6-10-21(20)27-24(19)30-16)28-12-11-25-18(15-28)14-22(29)17-7-3-2-4-8-17/h2-10,13,18,22,25,27,29H,11-12,14-15H2,1H3/t18-,22-/m0/s1. The number of fused-ring (bicyclic) bond motifs is 2. The van der Waals surface area contributed by atoms with Gasteiger partial charge in [0.25, 0.3) is 0 Å². The van der Waals surface area contributed by atoms with E-state index in [9.17, 15) is 5.11 Å². The van der Waals surface area contributed by atoms with Crippen LogP contribution in [0.5, 0.6) is 0 Å². The van der Waals surface area contributed by atoms with Crippen LogP contribution in [0, 0.1) is 6.92 Å². The highest BCUT2D eigenvalue weighted by atomic mass is 32.1. The van der Waals surface area contributed by atoms with Crippen molar-refractivity contribution < 1.29 is 5.11 Å². The Kier molecular flexibility index (Phi) is 5.29. The lowest BCUT2D eigenvalue weighted by molar-refractivity contribution is 0.136. The van der Waals surface area contributed by atoms with Gasteiger partial charge in [-0.15, -0.1) is 11.3 Å². The van der Waals surface area contributed by atoms with E-state index in [2.05, 4.69) is 40.7 Å². The molecule has 2 aliphatic rings. The number of nitrogens with zero attached hydrogens (tertiary/aromatic N) is 2. The maximum absolute atomic E-state index is 10.7. The van der Waals surface area contributed by atoms with Crippen LogP contribution in [0.15, 0.2) is 65.7 Å². The maximum Gasteiger partial charge on any atom is 0.139 e. The lowest BCUT2D eigenvalue weighted by Gasteiger charge is -2.36. The number of hydrogen-bond acceptors (Lipinski definition) is 6. The molecule has 1 saturated heterocycles. The third-order valence-corrected chi connectivity index (χ3v) is 6.69. The Balaban J connectivity index is 1.42. The molecule has 2 atom stereocenters. The van der Waals surface area contributed by atoms with Crippen molar-refractivity contribution in [1.29, 1.82) is 0 Å². The van der Waals surface area contributed by atoms with Crippen LogP contribution >= 0.6 is 11.3 Å². The minimum Gasteiger partial charge on any atom is -0.388 e. The zero-order valence-electron chi connectivity index (χ0n) is 17.0. The van der Waals surface area contributed by atoms with E-state index >= 15 is 0 Å². The lowest BCUT2D eigenvalue weighted by Crippen LogP contribution is -2.53. The van der Waals surface area contributed by atoms with Gasteiger partial charge in [-0.05, 0) is 37.1 Å². The number of rotatable bonds is 3. The average molecular weight is 419 g/mol. The summed E-state index contributed by atoms with van der Waals surface area (Å²) in [6.45, 7) is 4.73. The Morgan fingerprint density at radius 1 is 1.17 bits per heavy atom. The van der Waals surface area contributed by atoms with Crippen molar-refractivity contribution in [1.82, 2.24) is 10.2 Å². The van der Waals surface area contributed by atoms with E-state index in [1.54, 1.807) is 11.3 Å². The molecule has 0 aliphatic carbocycles. The maximum atomic E-state index is 10.7. The summed E-state index contributed by atoms with van der Waals surface area (Å²) in [6.07, 6.45) is 0.207. The highest BCUT2D eigenvalue weighted by Crippen LogP contribution is 2.39. The van der Waals surface area contributed by atoms with E-state index in [4.69, 9.17) is 4.99 Å². The summed E-state index contributed by atoms with van der Waals surface area (Å²) in [5.41, 5.74) is 4.14. The molecule has 30 heavy (non-hydrogen) atoms. The molecule has 0 radical (unpaired) electrons. The van der Waals surface area contributed by atoms with Gasteiger partial charge in [0.05, 0.1) is 23.0 Å². The van der Waals surface area contributed by atoms with Gasteiger partial charge in [0.1, 0.15) is 10.8 Å². The molecule has 5 nitrogen and oxygen atoms in total. The highest BCUT2D eigenvalue weighted by Gasteiger charge is 2.28. The fourth-order valence-electron chi connectivity index (χ4n) is 4.24. The normalized spacial score (nSPS) is 19.2. The summed E-state index contributed by atoms with van der Waals surface area (Å²) in [5.74, 6) is 1.02. The first kappa shape index (κ1) is 19.3. The number of hydrogen-bond donors (Lipinski definition) is 3. The number of aliphatic imine (C=N–C) groups is 1. The zero-order valence-corrected chi connectivity index (χ0v) is 17.8. The largest absolute Gasteiger partial charge is 0.388 e. The second-order valence-corrected chi connectivity index (χ2v) is 9.19. The van der Waals surface area contributed by atoms with E-state index in [1.807, 2.05) is 42.5 Å². The summed E-state index contributed by atoms with van der Waals surface area (Å²) >= 11 is 1.77. The van der Waals surface area contributed by atoms with Gasteiger partial charge in [-0.1, -0.05) is 42.5 Å². The summed E-state index contributed by atoms with van der Waals surface area (Å²) in [5, 5.41) is 19.0. The van der Waals surface area contributed by atoms with Gasteiger partial charge in [0, 0.05) is 30.6 Å². The molecule has 3 aromatic rings. The van der Waals surface area contributed by atoms with Crippen molar-refractivity contribution in [2.75, 3.05) is 25.0 Å². The summed E-state index contributed by atoms with van der Waals surface area (Å²) in [4.78, 5) is 8.72. The molecule has 3 N–H and O–H groups in total. The molecule has 6 heteroatoms. The second kappa shape index (κ2) is 8.22. The molecule has 154 valence electrons. The van der Waals surface area contributed by atoms with Gasteiger partial charge < -0.3 is 20.6 Å². The Morgan fingerprint density at radius 3 is 2.83 bits per heavy atom. The topological polar surface area (TPSA) is 59.9 Å². The molecule has 1 fully saturated rings. The van der Waals surface area contributed by atoms with Gasteiger partial charge in [0.2, 0.25) is 0 Å². The van der Waals surface area contributed by atoms with Crippen molar-refractivity contribution >= 4 is 33.5 Å². The number of anilines is 2. The van der Waals surface area contributed by atoms with Gasteiger partial charge >= 0.3 is 0 Å². The molecule has 0 bridgehead atoms. The van der Waals surface area contributed by atoms with Crippen molar-refractivity contribution in [3.63, 3.8) is 0 Å². The first-order chi connectivity index (χ1) is 14.7. The zero-order chi connectivity index (χ0) is 20.5.